The number of esters is 2. The molecule has 0 radical (unpaired) electrons. The topological polar surface area (TPSA) is 52.6 Å². The van der Waals surface area contributed by atoms with Crippen molar-refractivity contribution in [2.24, 2.45) is 0 Å². The summed E-state index contributed by atoms with van der Waals surface area (Å²) >= 11 is 0. The smallest absolute Gasteiger partial charge is 0.338 e. The van der Waals surface area contributed by atoms with Gasteiger partial charge in [-0.3, -0.25) is 0 Å². The second-order valence-electron chi connectivity index (χ2n) is 6.58. The van der Waals surface area contributed by atoms with Crippen LogP contribution in [0.2, 0.25) is 0 Å². The van der Waals surface area contributed by atoms with Crippen LogP contribution in [0.5, 0.6) is 0 Å². The average molecular weight is 328 g/mol. The van der Waals surface area contributed by atoms with Gasteiger partial charge in [0.05, 0.1) is 24.3 Å². The lowest BCUT2D eigenvalue weighted by Gasteiger charge is -2.22. The van der Waals surface area contributed by atoms with E-state index in [0.717, 1.165) is 11.1 Å². The zero-order chi connectivity index (χ0) is 17.9. The van der Waals surface area contributed by atoms with Crippen LogP contribution in [0.3, 0.4) is 0 Å². The van der Waals surface area contributed by atoms with Gasteiger partial charge < -0.3 is 9.47 Å². The molecule has 2 aliphatic carbocycles. The molecule has 0 fully saturated rings. The fraction of sp³-hybridized carbons (Fsp3) is 0.400. The maximum atomic E-state index is 12.5. The van der Waals surface area contributed by atoms with Crippen LogP contribution in [0.4, 0.5) is 0 Å². The first-order valence-corrected chi connectivity index (χ1v) is 8.21. The summed E-state index contributed by atoms with van der Waals surface area (Å²) in [7, 11) is 0. The molecule has 0 atom stereocenters. The number of ether oxygens (including phenoxy) is 2. The lowest BCUT2D eigenvalue weighted by molar-refractivity contribution is 0.0525. The van der Waals surface area contributed by atoms with E-state index in [-0.39, 0.29) is 18.6 Å². The molecule has 4 heteroatoms. The first kappa shape index (κ1) is 18.0. The third-order valence-electron chi connectivity index (χ3n) is 3.82. The van der Waals surface area contributed by atoms with Gasteiger partial charge in [-0.1, -0.05) is 45.0 Å². The van der Waals surface area contributed by atoms with E-state index in [1.54, 1.807) is 19.9 Å². The number of carbonyl (C=O) groups is 2. The summed E-state index contributed by atoms with van der Waals surface area (Å²) in [4.78, 5) is 24.8. The van der Waals surface area contributed by atoms with E-state index in [1.165, 1.54) is 0 Å². The predicted octanol–water partition coefficient (Wildman–Crippen LogP) is 4.44. The van der Waals surface area contributed by atoms with Gasteiger partial charge in [-0.25, -0.2) is 9.59 Å². The third kappa shape index (κ3) is 3.42. The number of fused-ring (bicyclic) bond motifs is 1. The van der Waals surface area contributed by atoms with Crippen molar-refractivity contribution in [3.63, 3.8) is 0 Å². The van der Waals surface area contributed by atoms with Crippen LogP contribution in [0.25, 0.3) is 11.1 Å². The molecule has 0 saturated heterocycles. The Morgan fingerprint density at radius 1 is 0.917 bits per heavy atom. The van der Waals surface area contributed by atoms with Gasteiger partial charge in [0.2, 0.25) is 0 Å². The summed E-state index contributed by atoms with van der Waals surface area (Å²) < 4.78 is 10.4. The second-order valence-corrected chi connectivity index (χ2v) is 6.58. The molecule has 128 valence electrons. The maximum Gasteiger partial charge on any atom is 0.338 e. The van der Waals surface area contributed by atoms with Crippen molar-refractivity contribution < 1.29 is 19.1 Å². The Labute approximate surface area is 143 Å². The largest absolute Gasteiger partial charge is 0.462 e. The molecule has 0 aromatic carbocycles. The molecule has 4 nitrogen and oxygen atoms in total. The number of rotatable bonds is 4. The van der Waals surface area contributed by atoms with Crippen molar-refractivity contribution >= 4 is 11.9 Å². The van der Waals surface area contributed by atoms with Crippen LogP contribution in [0.1, 0.15) is 60.9 Å². The molecule has 0 saturated carbocycles. The maximum absolute atomic E-state index is 12.5. The second kappa shape index (κ2) is 7.04. The van der Waals surface area contributed by atoms with E-state index in [9.17, 15) is 9.59 Å². The Morgan fingerprint density at radius 3 is 2.00 bits per heavy atom. The molecule has 2 aliphatic rings. The molecular weight excluding hydrogens is 304 g/mol. The minimum Gasteiger partial charge on any atom is -0.462 e. The highest BCUT2D eigenvalue weighted by Crippen LogP contribution is 2.40. The quantitative estimate of drug-likeness (QED) is 0.779. The molecule has 24 heavy (non-hydrogen) atoms. The molecule has 0 heterocycles. The minimum atomic E-state index is -0.427. The van der Waals surface area contributed by atoms with Gasteiger partial charge >= 0.3 is 11.9 Å². The first-order chi connectivity index (χ1) is 11.3. The lowest BCUT2D eigenvalue weighted by Crippen LogP contribution is -2.14. The molecule has 0 amide bonds. The van der Waals surface area contributed by atoms with Gasteiger partial charge in [0.1, 0.15) is 0 Å². The van der Waals surface area contributed by atoms with Crippen molar-refractivity contribution in [2.45, 2.75) is 40.0 Å². The molecule has 2 rings (SSSR count). The van der Waals surface area contributed by atoms with E-state index in [2.05, 4.69) is 20.8 Å². The van der Waals surface area contributed by atoms with Crippen molar-refractivity contribution in [1.82, 2.24) is 0 Å². The highest BCUT2D eigenvalue weighted by Gasteiger charge is 2.30. The van der Waals surface area contributed by atoms with Crippen LogP contribution in [-0.2, 0) is 14.9 Å². The lowest BCUT2D eigenvalue weighted by atomic mass is 9.83. The van der Waals surface area contributed by atoms with E-state index in [1.807, 2.05) is 24.3 Å². The van der Waals surface area contributed by atoms with Crippen LogP contribution < -0.4 is 0 Å². The van der Waals surface area contributed by atoms with Crippen LogP contribution in [0.15, 0.2) is 30.3 Å². The molecule has 0 spiro atoms. The Balaban J connectivity index is 2.78. The molecule has 0 aliphatic heterocycles. The standard InChI is InChI=1S/C20H24O4/c1-6-23-18(21)14-12-15(19(22)24-7-2)17-13(14)10-8-9-11-16(17)20(3,4)5/h8-12H,6-7H2,1-5H3. The summed E-state index contributed by atoms with van der Waals surface area (Å²) in [6.07, 6.45) is 0. The van der Waals surface area contributed by atoms with E-state index >= 15 is 0 Å². The highest BCUT2D eigenvalue weighted by molar-refractivity contribution is 6.08. The SMILES string of the molecule is CCOC(=O)c1cc(C(=O)OCC)c2c(C(C)(C)C)ccccc1-2. The van der Waals surface area contributed by atoms with Crippen molar-refractivity contribution in [2.75, 3.05) is 13.2 Å². The molecule has 0 bridgehead atoms. The average Bonchev–Trinajstić information content (AvgIpc) is 2.71. The highest BCUT2D eigenvalue weighted by atomic mass is 16.5. The molecule has 0 aromatic heterocycles. The Kier molecular flexibility index (Phi) is 5.27. The van der Waals surface area contributed by atoms with Gasteiger partial charge in [0.15, 0.2) is 0 Å². The number of carbonyl (C=O) groups excluding carboxylic acids is 2. The molecule has 0 unspecified atom stereocenters. The van der Waals surface area contributed by atoms with Gasteiger partial charge in [-0.2, -0.15) is 0 Å². The first-order valence-electron chi connectivity index (χ1n) is 8.21. The van der Waals surface area contributed by atoms with E-state index in [0.29, 0.717) is 16.7 Å². The minimum absolute atomic E-state index is 0.196. The summed E-state index contributed by atoms with van der Waals surface area (Å²) in [5.41, 5.74) is 3.08. The number of hydrogen-bond donors (Lipinski definition) is 0. The number of hydrogen-bond acceptors (Lipinski definition) is 4. The van der Waals surface area contributed by atoms with Crippen molar-refractivity contribution in [1.29, 1.82) is 0 Å². The van der Waals surface area contributed by atoms with Crippen LogP contribution in [-0.4, -0.2) is 25.2 Å². The fourth-order valence-electron chi connectivity index (χ4n) is 2.80. The predicted molar refractivity (Wildman–Crippen MR) is 93.7 cm³/mol. The zero-order valence-electron chi connectivity index (χ0n) is 14.9. The Bertz CT molecular complexity index is 725. The van der Waals surface area contributed by atoms with Crippen molar-refractivity contribution in [3.8, 4) is 11.1 Å². The van der Waals surface area contributed by atoms with E-state index in [4.69, 9.17) is 9.47 Å². The van der Waals surface area contributed by atoms with Crippen LogP contribution >= 0.6 is 0 Å². The normalized spacial score (nSPS) is 11.4. The van der Waals surface area contributed by atoms with Gasteiger partial charge in [-0.15, -0.1) is 0 Å². The van der Waals surface area contributed by atoms with Gasteiger partial charge in [0.25, 0.3) is 0 Å². The molecular formula is C20H24O4. The van der Waals surface area contributed by atoms with Crippen molar-refractivity contribution in [3.05, 3.63) is 47.0 Å². The zero-order valence-corrected chi connectivity index (χ0v) is 14.9. The third-order valence-corrected chi connectivity index (χ3v) is 3.82. The monoisotopic (exact) mass is 328 g/mol. The van der Waals surface area contributed by atoms with Gasteiger partial charge in [-0.05, 0) is 36.5 Å². The summed E-state index contributed by atoms with van der Waals surface area (Å²) in [5, 5.41) is 0. The van der Waals surface area contributed by atoms with E-state index < -0.39 is 11.9 Å². The molecule has 0 aromatic rings. The fourth-order valence-corrected chi connectivity index (χ4v) is 2.80. The molecule has 0 N–H and O–H groups in total. The Hall–Kier alpha value is -2.36. The van der Waals surface area contributed by atoms with Crippen LogP contribution in [0, 0.1) is 0 Å². The summed E-state index contributed by atoms with van der Waals surface area (Å²) in [6.45, 7) is 10.3. The van der Waals surface area contributed by atoms with Gasteiger partial charge in [0, 0.05) is 5.56 Å². The summed E-state index contributed by atoms with van der Waals surface area (Å²) in [6, 6.07) is 9.22. The Morgan fingerprint density at radius 2 is 1.46 bits per heavy atom. The summed E-state index contributed by atoms with van der Waals surface area (Å²) in [5.74, 6) is -0.848.